The minimum absolute atomic E-state index is 0.0388. The molecule has 3 heterocycles. The van der Waals surface area contributed by atoms with Crippen molar-refractivity contribution >= 4 is 23.3 Å². The van der Waals surface area contributed by atoms with Gasteiger partial charge in [0.2, 0.25) is 5.91 Å². The van der Waals surface area contributed by atoms with E-state index in [9.17, 15) is 22.8 Å². The Morgan fingerprint density at radius 2 is 1.95 bits per heavy atom. The molecule has 1 unspecified atom stereocenters. The molecule has 198 valence electrons. The van der Waals surface area contributed by atoms with Crippen molar-refractivity contribution in [2.75, 3.05) is 36.9 Å². The molecule has 2 aromatic carbocycles. The first-order chi connectivity index (χ1) is 17.6. The van der Waals surface area contributed by atoms with E-state index < -0.39 is 23.7 Å². The average Bonchev–Trinajstić information content (AvgIpc) is 2.99. The molecule has 10 heteroatoms. The van der Waals surface area contributed by atoms with Crippen LogP contribution in [-0.2, 0) is 9.53 Å². The molecule has 7 nitrogen and oxygen atoms in total. The first-order valence-corrected chi connectivity index (χ1v) is 12.6. The van der Waals surface area contributed by atoms with E-state index in [1.54, 1.807) is 18.2 Å². The molecular formula is C27H30F3N3O4. The number of hydrogen-bond acceptors (Lipinski definition) is 4. The van der Waals surface area contributed by atoms with Crippen LogP contribution in [0.4, 0.5) is 29.3 Å². The number of carbonyl (C=O) groups excluding carboxylic acids is 2. The van der Waals surface area contributed by atoms with Crippen molar-refractivity contribution in [1.82, 2.24) is 4.90 Å². The van der Waals surface area contributed by atoms with E-state index in [1.165, 1.54) is 4.90 Å². The van der Waals surface area contributed by atoms with Gasteiger partial charge < -0.3 is 25.0 Å². The van der Waals surface area contributed by atoms with Crippen LogP contribution in [-0.4, -0.2) is 54.9 Å². The van der Waals surface area contributed by atoms with Crippen LogP contribution in [0.25, 0.3) is 11.1 Å². The van der Waals surface area contributed by atoms with Crippen LogP contribution in [0.5, 0.6) is 5.75 Å². The molecule has 2 fully saturated rings. The van der Waals surface area contributed by atoms with E-state index in [4.69, 9.17) is 9.47 Å². The second-order valence-electron chi connectivity index (χ2n) is 10.1. The fourth-order valence-electron chi connectivity index (χ4n) is 5.30. The largest absolute Gasteiger partial charge is 0.484 e. The Balaban J connectivity index is 1.37. The Labute approximate surface area is 213 Å². The number of benzene rings is 2. The summed E-state index contributed by atoms with van der Waals surface area (Å²) in [7, 11) is 0. The molecule has 2 N–H and O–H groups in total. The highest BCUT2D eigenvalue weighted by atomic mass is 19.4. The Morgan fingerprint density at radius 3 is 2.70 bits per heavy atom. The summed E-state index contributed by atoms with van der Waals surface area (Å²) in [5, 5.41) is 5.69. The van der Waals surface area contributed by atoms with E-state index in [-0.39, 0.29) is 31.8 Å². The molecule has 3 amide bonds. The number of piperidine rings is 1. The van der Waals surface area contributed by atoms with Crippen molar-refractivity contribution in [2.24, 2.45) is 5.92 Å². The summed E-state index contributed by atoms with van der Waals surface area (Å²) in [6.45, 7) is 2.95. The first kappa shape index (κ1) is 25.4. The third-order valence-electron chi connectivity index (χ3n) is 7.44. The monoisotopic (exact) mass is 517 g/mol. The predicted octanol–water partition coefficient (Wildman–Crippen LogP) is 5.74. The van der Waals surface area contributed by atoms with E-state index in [1.807, 2.05) is 25.1 Å². The molecule has 0 aliphatic carbocycles. The summed E-state index contributed by atoms with van der Waals surface area (Å²) in [4.78, 5) is 26.6. The van der Waals surface area contributed by atoms with Gasteiger partial charge in [0.05, 0.1) is 31.2 Å². The molecule has 0 aromatic heterocycles. The minimum Gasteiger partial charge on any atom is -0.484 e. The molecule has 0 saturated carbocycles. The predicted molar refractivity (Wildman–Crippen MR) is 133 cm³/mol. The van der Waals surface area contributed by atoms with Gasteiger partial charge in [0.15, 0.2) is 0 Å². The van der Waals surface area contributed by atoms with Crippen LogP contribution in [0.3, 0.4) is 0 Å². The van der Waals surface area contributed by atoms with Crippen molar-refractivity contribution in [3.8, 4) is 16.9 Å². The van der Waals surface area contributed by atoms with Crippen molar-refractivity contribution < 1.29 is 32.2 Å². The maximum Gasteiger partial charge on any atom is 0.393 e. The number of carbonyl (C=O) groups is 2. The van der Waals surface area contributed by atoms with Gasteiger partial charge in [-0.25, -0.2) is 4.79 Å². The molecule has 1 atom stereocenters. The molecule has 3 aliphatic rings. The van der Waals surface area contributed by atoms with Crippen molar-refractivity contribution in [3.63, 3.8) is 0 Å². The van der Waals surface area contributed by atoms with Crippen LogP contribution in [0.1, 0.15) is 37.7 Å². The highest BCUT2D eigenvalue weighted by Crippen LogP contribution is 2.41. The fraction of sp³-hybridized carbons (Fsp3) is 0.481. The molecule has 0 bridgehead atoms. The number of amides is 3. The molecular weight excluding hydrogens is 487 g/mol. The third-order valence-corrected chi connectivity index (χ3v) is 7.44. The summed E-state index contributed by atoms with van der Waals surface area (Å²) in [5.41, 5.74) is 3.10. The lowest BCUT2D eigenvalue weighted by Crippen LogP contribution is -2.46. The van der Waals surface area contributed by atoms with Gasteiger partial charge in [-0.05, 0) is 60.7 Å². The smallest absolute Gasteiger partial charge is 0.393 e. The highest BCUT2D eigenvalue weighted by Gasteiger charge is 2.43. The normalized spacial score (nSPS) is 21.5. The lowest BCUT2D eigenvalue weighted by molar-refractivity contribution is -0.183. The lowest BCUT2D eigenvalue weighted by atomic mass is 9.90. The van der Waals surface area contributed by atoms with E-state index in [0.29, 0.717) is 49.6 Å². The average molecular weight is 518 g/mol. The molecule has 37 heavy (non-hydrogen) atoms. The molecule has 3 aliphatic heterocycles. The Hall–Kier alpha value is -3.27. The van der Waals surface area contributed by atoms with Crippen LogP contribution >= 0.6 is 0 Å². The number of halogens is 3. The zero-order valence-corrected chi connectivity index (χ0v) is 20.6. The number of anilines is 2. The number of fused-ring (bicyclic) bond motifs is 1. The minimum atomic E-state index is -4.31. The van der Waals surface area contributed by atoms with E-state index in [0.717, 1.165) is 16.7 Å². The standard InChI is InChI=1S/C27H30F3N3O4/c1-17-4-6-20(31-25(35)33-10-2-3-19(16-33)27(28,29)30)14-21(17)18-5-7-22-23(13-18)37-26(15-24(34)32-22)8-11-36-12-9-26/h4-7,13-14,19H,2-3,8-12,15-16H2,1H3,(H,31,35)(H,32,34). The van der Waals surface area contributed by atoms with E-state index in [2.05, 4.69) is 10.6 Å². The van der Waals surface area contributed by atoms with Gasteiger partial charge in [0, 0.05) is 31.6 Å². The topological polar surface area (TPSA) is 79.9 Å². The number of likely N-dealkylation sites (tertiary alicyclic amines) is 1. The lowest BCUT2D eigenvalue weighted by Gasteiger charge is -2.35. The number of rotatable bonds is 2. The molecule has 0 radical (unpaired) electrons. The number of aryl methyl sites for hydroxylation is 1. The van der Waals surface area contributed by atoms with E-state index >= 15 is 0 Å². The summed E-state index contributed by atoms with van der Waals surface area (Å²) in [6.07, 6.45) is -2.46. The molecule has 2 aromatic rings. The van der Waals surface area contributed by atoms with Gasteiger partial charge in [-0.1, -0.05) is 12.1 Å². The highest BCUT2D eigenvalue weighted by molar-refractivity contribution is 5.95. The number of nitrogens with one attached hydrogen (secondary N) is 2. The number of urea groups is 1. The number of alkyl halides is 3. The van der Waals surface area contributed by atoms with Crippen LogP contribution in [0.15, 0.2) is 36.4 Å². The second-order valence-corrected chi connectivity index (χ2v) is 10.1. The molecule has 1 spiro atoms. The Bertz CT molecular complexity index is 1190. The zero-order chi connectivity index (χ0) is 26.2. The Kier molecular flexibility index (Phi) is 6.78. The first-order valence-electron chi connectivity index (χ1n) is 12.6. The van der Waals surface area contributed by atoms with Gasteiger partial charge in [-0.3, -0.25) is 4.79 Å². The van der Waals surface area contributed by atoms with Gasteiger partial charge >= 0.3 is 12.2 Å². The van der Waals surface area contributed by atoms with Gasteiger partial charge in [-0.15, -0.1) is 0 Å². The van der Waals surface area contributed by atoms with Crippen LogP contribution in [0.2, 0.25) is 0 Å². The number of hydrogen-bond donors (Lipinski definition) is 2. The fourth-order valence-corrected chi connectivity index (χ4v) is 5.30. The maximum absolute atomic E-state index is 13.2. The van der Waals surface area contributed by atoms with Gasteiger partial charge in [0.1, 0.15) is 11.4 Å². The van der Waals surface area contributed by atoms with Gasteiger partial charge in [-0.2, -0.15) is 13.2 Å². The summed E-state index contributed by atoms with van der Waals surface area (Å²) in [6, 6.07) is 10.4. The van der Waals surface area contributed by atoms with Crippen LogP contribution in [0, 0.1) is 12.8 Å². The second kappa shape index (κ2) is 9.89. The molecule has 2 saturated heterocycles. The van der Waals surface area contributed by atoms with Gasteiger partial charge in [0.25, 0.3) is 0 Å². The summed E-state index contributed by atoms with van der Waals surface area (Å²) in [5.74, 6) is -1.02. The Morgan fingerprint density at radius 1 is 1.16 bits per heavy atom. The third kappa shape index (κ3) is 5.53. The zero-order valence-electron chi connectivity index (χ0n) is 20.6. The summed E-state index contributed by atoms with van der Waals surface area (Å²) >= 11 is 0. The number of nitrogens with zero attached hydrogens (tertiary/aromatic N) is 1. The summed E-state index contributed by atoms with van der Waals surface area (Å²) < 4.78 is 51.4. The molecule has 5 rings (SSSR count). The quantitative estimate of drug-likeness (QED) is 0.533. The van der Waals surface area contributed by atoms with Crippen LogP contribution < -0.4 is 15.4 Å². The maximum atomic E-state index is 13.2. The number of ether oxygens (including phenoxy) is 2. The van der Waals surface area contributed by atoms with Crippen molar-refractivity contribution in [2.45, 2.75) is 50.8 Å². The van der Waals surface area contributed by atoms with Crippen molar-refractivity contribution in [1.29, 1.82) is 0 Å². The van der Waals surface area contributed by atoms with Crippen molar-refractivity contribution in [3.05, 3.63) is 42.0 Å². The SMILES string of the molecule is Cc1ccc(NC(=O)N2CCCC(C(F)(F)F)C2)cc1-c1ccc2c(c1)OC1(CCOCC1)CC(=O)N2.